The average Bonchev–Trinajstić information content (AvgIpc) is 3.06. The number of nitrogens with one attached hydrogen (secondary N) is 2. The molecule has 1 aliphatic heterocycles. The minimum absolute atomic E-state index is 0. The molecule has 0 aromatic heterocycles. The van der Waals surface area contributed by atoms with Crippen LogP contribution in [-0.4, -0.2) is 39.3 Å². The fourth-order valence-electron chi connectivity index (χ4n) is 2.70. The molecule has 1 aromatic rings. The molecule has 130 valence electrons. The van der Waals surface area contributed by atoms with Crippen molar-refractivity contribution in [1.82, 2.24) is 10.6 Å². The molecular formula is C17H27ClN2O3. The lowest BCUT2D eigenvalue weighted by atomic mass is 9.84. The monoisotopic (exact) mass is 342 g/mol. The number of carbonyl (C=O) groups is 1. The van der Waals surface area contributed by atoms with Crippen molar-refractivity contribution in [1.29, 1.82) is 0 Å². The van der Waals surface area contributed by atoms with Gasteiger partial charge in [-0.1, -0.05) is 19.9 Å². The second-order valence-corrected chi connectivity index (χ2v) is 6.32. The summed E-state index contributed by atoms with van der Waals surface area (Å²) in [4.78, 5) is 12.1. The Kier molecular flexibility index (Phi) is 7.16. The van der Waals surface area contributed by atoms with E-state index in [2.05, 4.69) is 24.5 Å². The third kappa shape index (κ3) is 4.75. The minimum atomic E-state index is -0.187. The molecule has 0 aliphatic carbocycles. The molecule has 0 saturated carbocycles. The van der Waals surface area contributed by atoms with Crippen LogP contribution in [0, 0.1) is 0 Å². The molecule has 1 atom stereocenters. The predicted octanol–water partition coefficient (Wildman–Crippen LogP) is 2.27. The van der Waals surface area contributed by atoms with Crippen molar-refractivity contribution in [3.63, 3.8) is 0 Å². The summed E-state index contributed by atoms with van der Waals surface area (Å²) in [5.41, 5.74) is 0.915. The fourth-order valence-corrected chi connectivity index (χ4v) is 2.70. The van der Waals surface area contributed by atoms with Crippen LogP contribution in [0.15, 0.2) is 18.2 Å². The molecule has 0 spiro atoms. The van der Waals surface area contributed by atoms with Gasteiger partial charge in [0.05, 0.1) is 20.3 Å². The molecule has 1 aromatic carbocycles. The van der Waals surface area contributed by atoms with E-state index in [0.717, 1.165) is 24.9 Å². The maximum absolute atomic E-state index is 12.1. The van der Waals surface area contributed by atoms with Gasteiger partial charge in [0.15, 0.2) is 11.5 Å². The Labute approximate surface area is 144 Å². The number of rotatable bonds is 6. The zero-order valence-corrected chi connectivity index (χ0v) is 15.1. The second-order valence-electron chi connectivity index (χ2n) is 6.32. The van der Waals surface area contributed by atoms with Crippen LogP contribution < -0.4 is 20.1 Å². The quantitative estimate of drug-likeness (QED) is 0.832. The summed E-state index contributed by atoms with van der Waals surface area (Å²) >= 11 is 0. The van der Waals surface area contributed by atoms with Crippen molar-refractivity contribution < 1.29 is 14.3 Å². The molecule has 1 aliphatic rings. The fraction of sp³-hybridized carbons (Fsp3) is 0.588. The first kappa shape index (κ1) is 19.6. The maximum atomic E-state index is 12.1. The smallest absolute Gasteiger partial charge is 0.237 e. The Hall–Kier alpha value is -1.46. The second kappa shape index (κ2) is 8.41. The Morgan fingerprint density at radius 2 is 2.00 bits per heavy atom. The van der Waals surface area contributed by atoms with E-state index >= 15 is 0 Å². The van der Waals surface area contributed by atoms with Gasteiger partial charge in [-0.3, -0.25) is 4.79 Å². The standard InChI is InChI=1S/C17H26N2O3.ClH/c1-17(2,11-19-16(20)13-6-5-9-18-13)12-7-8-14(21-3)15(10-12)22-4;/h7-8,10,13,18H,5-6,9,11H2,1-4H3,(H,19,20);1H. The topological polar surface area (TPSA) is 59.6 Å². The van der Waals surface area contributed by atoms with Gasteiger partial charge in [0, 0.05) is 12.0 Å². The van der Waals surface area contributed by atoms with Crippen LogP contribution in [0.5, 0.6) is 11.5 Å². The van der Waals surface area contributed by atoms with Crippen molar-refractivity contribution in [3.8, 4) is 11.5 Å². The van der Waals surface area contributed by atoms with Gasteiger partial charge < -0.3 is 20.1 Å². The summed E-state index contributed by atoms with van der Waals surface area (Å²) in [6.45, 7) is 5.73. The highest BCUT2D eigenvalue weighted by molar-refractivity contribution is 5.85. The number of ether oxygens (including phenoxy) is 2. The zero-order chi connectivity index (χ0) is 16.2. The maximum Gasteiger partial charge on any atom is 0.237 e. The van der Waals surface area contributed by atoms with Gasteiger partial charge in [0.2, 0.25) is 5.91 Å². The number of amides is 1. The summed E-state index contributed by atoms with van der Waals surface area (Å²) in [6.07, 6.45) is 1.99. The first-order valence-corrected chi connectivity index (χ1v) is 7.71. The highest BCUT2D eigenvalue weighted by atomic mass is 35.5. The molecule has 23 heavy (non-hydrogen) atoms. The van der Waals surface area contributed by atoms with E-state index in [-0.39, 0.29) is 29.8 Å². The predicted molar refractivity (Wildman–Crippen MR) is 93.9 cm³/mol. The Bertz CT molecular complexity index is 529. The van der Waals surface area contributed by atoms with Crippen molar-refractivity contribution in [3.05, 3.63) is 23.8 Å². The van der Waals surface area contributed by atoms with Crippen LogP contribution in [0.25, 0.3) is 0 Å². The van der Waals surface area contributed by atoms with Gasteiger partial charge in [0.25, 0.3) is 0 Å². The highest BCUT2D eigenvalue weighted by Gasteiger charge is 2.26. The summed E-state index contributed by atoms with van der Waals surface area (Å²) in [7, 11) is 3.25. The lowest BCUT2D eigenvalue weighted by Gasteiger charge is -2.27. The third-order valence-electron chi connectivity index (χ3n) is 4.25. The van der Waals surface area contributed by atoms with Gasteiger partial charge in [-0.15, -0.1) is 12.4 Å². The van der Waals surface area contributed by atoms with Gasteiger partial charge in [-0.05, 0) is 37.1 Å². The molecule has 1 amide bonds. The van der Waals surface area contributed by atoms with Crippen molar-refractivity contribution in [2.75, 3.05) is 27.3 Å². The highest BCUT2D eigenvalue weighted by Crippen LogP contribution is 2.32. The van der Waals surface area contributed by atoms with E-state index in [4.69, 9.17) is 9.47 Å². The van der Waals surface area contributed by atoms with Crippen molar-refractivity contribution in [2.24, 2.45) is 0 Å². The molecule has 0 radical (unpaired) electrons. The Morgan fingerprint density at radius 1 is 1.30 bits per heavy atom. The van der Waals surface area contributed by atoms with E-state index in [9.17, 15) is 4.79 Å². The summed E-state index contributed by atoms with van der Waals surface area (Å²) in [5, 5.41) is 6.27. The first-order valence-electron chi connectivity index (χ1n) is 7.71. The SMILES string of the molecule is COc1ccc(C(C)(C)CNC(=O)C2CCCN2)cc1OC.Cl. The van der Waals surface area contributed by atoms with E-state index in [1.54, 1.807) is 14.2 Å². The Balaban J connectivity index is 0.00000264. The molecule has 0 bridgehead atoms. The number of hydrogen-bond donors (Lipinski definition) is 2. The van der Waals surface area contributed by atoms with E-state index in [1.165, 1.54) is 0 Å². The van der Waals surface area contributed by atoms with E-state index in [1.807, 2.05) is 18.2 Å². The number of halogens is 1. The zero-order valence-electron chi connectivity index (χ0n) is 14.3. The van der Waals surface area contributed by atoms with Crippen LogP contribution >= 0.6 is 12.4 Å². The molecule has 6 heteroatoms. The van der Waals surface area contributed by atoms with Crippen molar-refractivity contribution >= 4 is 18.3 Å². The van der Waals surface area contributed by atoms with Gasteiger partial charge in [0.1, 0.15) is 0 Å². The van der Waals surface area contributed by atoms with Gasteiger partial charge in [-0.2, -0.15) is 0 Å². The number of carbonyl (C=O) groups excluding carboxylic acids is 1. The largest absolute Gasteiger partial charge is 0.493 e. The summed E-state index contributed by atoms with van der Waals surface area (Å²) in [5.74, 6) is 1.50. The number of hydrogen-bond acceptors (Lipinski definition) is 4. The molecule has 5 nitrogen and oxygen atoms in total. The van der Waals surface area contributed by atoms with Crippen LogP contribution in [0.1, 0.15) is 32.3 Å². The average molecular weight is 343 g/mol. The molecule has 1 unspecified atom stereocenters. The van der Waals surface area contributed by atoms with Crippen LogP contribution in [-0.2, 0) is 10.2 Å². The van der Waals surface area contributed by atoms with Gasteiger partial charge in [-0.25, -0.2) is 0 Å². The number of benzene rings is 1. The first-order chi connectivity index (χ1) is 10.5. The minimum Gasteiger partial charge on any atom is -0.493 e. The van der Waals surface area contributed by atoms with Gasteiger partial charge >= 0.3 is 0 Å². The van der Waals surface area contributed by atoms with Crippen LogP contribution in [0.2, 0.25) is 0 Å². The Morgan fingerprint density at radius 3 is 2.57 bits per heavy atom. The third-order valence-corrected chi connectivity index (χ3v) is 4.25. The molecular weight excluding hydrogens is 316 g/mol. The summed E-state index contributed by atoms with van der Waals surface area (Å²) in [6, 6.07) is 5.84. The normalized spacial score (nSPS) is 17.3. The van der Waals surface area contributed by atoms with E-state index < -0.39 is 0 Å². The van der Waals surface area contributed by atoms with Crippen LogP contribution in [0.3, 0.4) is 0 Å². The molecule has 2 rings (SSSR count). The van der Waals surface area contributed by atoms with Crippen LogP contribution in [0.4, 0.5) is 0 Å². The lowest BCUT2D eigenvalue weighted by Crippen LogP contribution is -2.45. The summed E-state index contributed by atoms with van der Waals surface area (Å²) < 4.78 is 10.6. The van der Waals surface area contributed by atoms with Crippen molar-refractivity contribution in [2.45, 2.75) is 38.1 Å². The lowest BCUT2D eigenvalue weighted by molar-refractivity contribution is -0.123. The molecule has 1 fully saturated rings. The molecule has 1 heterocycles. The van der Waals surface area contributed by atoms with E-state index in [0.29, 0.717) is 18.0 Å². The molecule has 2 N–H and O–H groups in total. The number of methoxy groups -OCH3 is 2. The molecule has 1 saturated heterocycles.